The number of H-pyrrole nitrogens is 1. The molecule has 1 aliphatic carbocycles. The molecule has 5 nitrogen and oxygen atoms in total. The van der Waals surface area contributed by atoms with Crippen molar-refractivity contribution in [3.05, 3.63) is 65.4 Å². The number of amides is 2. The summed E-state index contributed by atoms with van der Waals surface area (Å²) in [5, 5.41) is 12.9. The minimum Gasteiger partial charge on any atom is -0.308 e. The largest absolute Gasteiger partial charge is 0.416 e. The van der Waals surface area contributed by atoms with Gasteiger partial charge in [-0.2, -0.15) is 18.3 Å². The van der Waals surface area contributed by atoms with Crippen molar-refractivity contribution in [2.45, 2.75) is 51.1 Å². The molecule has 2 amide bonds. The summed E-state index contributed by atoms with van der Waals surface area (Å²) in [6.07, 6.45) is -2.40. The zero-order valence-corrected chi connectivity index (χ0v) is 18.1. The molecule has 8 heteroatoms. The van der Waals surface area contributed by atoms with Crippen LogP contribution in [0, 0.1) is 0 Å². The van der Waals surface area contributed by atoms with E-state index in [1.165, 1.54) is 17.7 Å². The number of halogens is 3. The molecule has 0 unspecified atom stereocenters. The summed E-state index contributed by atoms with van der Waals surface area (Å²) in [5.74, 6) is 0.312. The first-order chi connectivity index (χ1) is 15.0. The Kier molecular flexibility index (Phi) is 5.48. The molecule has 1 aromatic heterocycles. The van der Waals surface area contributed by atoms with Gasteiger partial charge in [0.25, 0.3) is 0 Å². The topological polar surface area (TPSA) is 69.8 Å². The van der Waals surface area contributed by atoms with Crippen molar-refractivity contribution in [2.75, 3.05) is 10.6 Å². The molecular weight excluding hydrogens is 417 g/mol. The summed E-state index contributed by atoms with van der Waals surface area (Å²) in [5.41, 5.74) is 3.67. The van der Waals surface area contributed by atoms with Crippen molar-refractivity contribution >= 4 is 17.4 Å². The number of alkyl halides is 3. The maximum absolute atomic E-state index is 12.7. The number of aromatic nitrogens is 2. The Labute approximate surface area is 184 Å². The molecule has 4 rings (SSSR count). The smallest absolute Gasteiger partial charge is 0.308 e. The van der Waals surface area contributed by atoms with Crippen LogP contribution in [0.1, 0.15) is 56.4 Å². The van der Waals surface area contributed by atoms with Crippen LogP contribution in [0.15, 0.2) is 48.5 Å². The minimum absolute atomic E-state index is 0.0197. The van der Waals surface area contributed by atoms with Gasteiger partial charge in [-0.25, -0.2) is 4.79 Å². The van der Waals surface area contributed by atoms with Crippen molar-refractivity contribution in [1.82, 2.24) is 10.2 Å². The Morgan fingerprint density at radius 2 is 1.53 bits per heavy atom. The molecule has 168 valence electrons. The molecule has 1 heterocycles. The summed E-state index contributed by atoms with van der Waals surface area (Å²) in [7, 11) is 0. The Balaban J connectivity index is 1.55. The van der Waals surface area contributed by atoms with Crippen molar-refractivity contribution in [3.8, 4) is 11.3 Å². The van der Waals surface area contributed by atoms with Crippen molar-refractivity contribution in [2.24, 2.45) is 0 Å². The van der Waals surface area contributed by atoms with Gasteiger partial charge in [0.15, 0.2) is 0 Å². The summed E-state index contributed by atoms with van der Waals surface area (Å²) in [4.78, 5) is 12.6. The molecule has 0 saturated heterocycles. The van der Waals surface area contributed by atoms with Gasteiger partial charge in [-0.05, 0) is 48.1 Å². The van der Waals surface area contributed by atoms with E-state index in [-0.39, 0.29) is 11.1 Å². The van der Waals surface area contributed by atoms with Crippen LogP contribution in [0.4, 0.5) is 29.3 Å². The van der Waals surface area contributed by atoms with E-state index in [1.807, 2.05) is 24.3 Å². The van der Waals surface area contributed by atoms with Crippen molar-refractivity contribution in [1.29, 1.82) is 0 Å². The molecular formula is C24H25F3N4O. The van der Waals surface area contributed by atoms with Gasteiger partial charge in [0, 0.05) is 17.2 Å². The second kappa shape index (κ2) is 8.00. The first-order valence-electron chi connectivity index (χ1n) is 10.5. The fourth-order valence-electron chi connectivity index (χ4n) is 3.50. The fourth-order valence-corrected chi connectivity index (χ4v) is 3.50. The molecule has 0 spiro atoms. The van der Waals surface area contributed by atoms with E-state index in [4.69, 9.17) is 0 Å². The zero-order chi connectivity index (χ0) is 23.1. The molecule has 0 aliphatic heterocycles. The number of nitrogens with zero attached hydrogens (tertiary/aromatic N) is 1. The number of urea groups is 1. The quantitative estimate of drug-likeness (QED) is 0.411. The second-order valence-electron chi connectivity index (χ2n) is 9.12. The number of nitrogens with one attached hydrogen (secondary N) is 3. The van der Waals surface area contributed by atoms with Gasteiger partial charge in [0.2, 0.25) is 0 Å². The molecule has 1 fully saturated rings. The normalized spacial score (nSPS) is 14.3. The van der Waals surface area contributed by atoms with E-state index in [2.05, 4.69) is 41.6 Å². The lowest BCUT2D eigenvalue weighted by Crippen LogP contribution is -2.20. The number of hydrogen-bond acceptors (Lipinski definition) is 2. The number of carbonyl (C=O) groups is 1. The average Bonchev–Trinajstić information content (AvgIpc) is 3.48. The number of hydrogen-bond donors (Lipinski definition) is 3. The summed E-state index contributed by atoms with van der Waals surface area (Å²) >= 11 is 0. The third-order valence-electron chi connectivity index (χ3n) is 5.51. The van der Waals surface area contributed by atoms with Gasteiger partial charge < -0.3 is 10.6 Å². The molecule has 1 saturated carbocycles. The lowest BCUT2D eigenvalue weighted by molar-refractivity contribution is -0.137. The van der Waals surface area contributed by atoms with Crippen molar-refractivity contribution < 1.29 is 18.0 Å². The minimum atomic E-state index is -4.42. The molecule has 0 bridgehead atoms. The first-order valence-corrected chi connectivity index (χ1v) is 10.5. The van der Waals surface area contributed by atoms with E-state index in [1.54, 1.807) is 0 Å². The van der Waals surface area contributed by atoms with Gasteiger partial charge in [-0.15, -0.1) is 0 Å². The Morgan fingerprint density at radius 3 is 2.06 bits per heavy atom. The van der Waals surface area contributed by atoms with Gasteiger partial charge >= 0.3 is 12.2 Å². The van der Waals surface area contributed by atoms with E-state index in [0.29, 0.717) is 17.3 Å². The summed E-state index contributed by atoms with van der Waals surface area (Å²) in [6.45, 7) is 6.42. The monoisotopic (exact) mass is 442 g/mol. The number of carbonyl (C=O) groups excluding carboxylic acids is 1. The Hall–Kier alpha value is -3.29. The standard InChI is InChI=1S/C24H25F3N4O/c1-23(2,3)16-8-6-15(7-9-16)20-21(19(30-31-20)14-4-5-14)29-22(32)28-18-12-10-17(11-13-18)24(25,26)27/h6-14H,4-5H2,1-3H3,(H,30,31)(H2,28,29,32). The predicted molar refractivity (Wildman–Crippen MR) is 119 cm³/mol. The van der Waals surface area contributed by atoms with E-state index in [0.717, 1.165) is 36.2 Å². The highest BCUT2D eigenvalue weighted by Gasteiger charge is 2.32. The number of aromatic amines is 1. The van der Waals surface area contributed by atoms with Crippen LogP contribution in [0.5, 0.6) is 0 Å². The van der Waals surface area contributed by atoms with Gasteiger partial charge in [0.1, 0.15) is 5.69 Å². The van der Waals surface area contributed by atoms with Crippen LogP contribution in [0.2, 0.25) is 0 Å². The van der Waals surface area contributed by atoms with Crippen LogP contribution < -0.4 is 10.6 Å². The van der Waals surface area contributed by atoms with E-state index >= 15 is 0 Å². The molecule has 32 heavy (non-hydrogen) atoms. The molecule has 3 aromatic rings. The Morgan fingerprint density at radius 1 is 0.938 bits per heavy atom. The number of anilines is 2. The number of benzene rings is 2. The summed E-state index contributed by atoms with van der Waals surface area (Å²) < 4.78 is 38.2. The van der Waals surface area contributed by atoms with Gasteiger partial charge in [0.05, 0.1) is 16.9 Å². The SMILES string of the molecule is CC(C)(C)c1ccc(-c2n[nH]c(C3CC3)c2NC(=O)Nc2ccc(C(F)(F)F)cc2)cc1. The maximum Gasteiger partial charge on any atom is 0.416 e. The molecule has 2 aromatic carbocycles. The third-order valence-corrected chi connectivity index (χ3v) is 5.51. The lowest BCUT2D eigenvalue weighted by atomic mass is 9.86. The highest BCUT2D eigenvalue weighted by Crippen LogP contribution is 2.45. The Bertz CT molecular complexity index is 1110. The average molecular weight is 442 g/mol. The van der Waals surface area contributed by atoms with Crippen LogP contribution in [-0.4, -0.2) is 16.2 Å². The number of rotatable bonds is 4. The van der Waals surface area contributed by atoms with Crippen LogP contribution in [-0.2, 0) is 11.6 Å². The predicted octanol–water partition coefficient (Wildman–Crippen LogP) is 6.91. The van der Waals surface area contributed by atoms with Crippen molar-refractivity contribution in [3.63, 3.8) is 0 Å². The maximum atomic E-state index is 12.7. The van der Waals surface area contributed by atoms with E-state index in [9.17, 15) is 18.0 Å². The van der Waals surface area contributed by atoms with Crippen LogP contribution >= 0.6 is 0 Å². The third kappa shape index (κ3) is 4.79. The molecule has 0 radical (unpaired) electrons. The van der Waals surface area contributed by atoms with Crippen LogP contribution in [0.25, 0.3) is 11.3 Å². The zero-order valence-electron chi connectivity index (χ0n) is 18.1. The molecule has 3 N–H and O–H groups in total. The molecule has 0 atom stereocenters. The van der Waals surface area contributed by atoms with Gasteiger partial charge in [-0.1, -0.05) is 45.0 Å². The lowest BCUT2D eigenvalue weighted by Gasteiger charge is -2.19. The highest BCUT2D eigenvalue weighted by atomic mass is 19.4. The first kappa shape index (κ1) is 21.9. The fraction of sp³-hybridized carbons (Fsp3) is 0.333. The van der Waals surface area contributed by atoms with Crippen LogP contribution in [0.3, 0.4) is 0 Å². The second-order valence-corrected chi connectivity index (χ2v) is 9.12. The van der Waals surface area contributed by atoms with Gasteiger partial charge in [-0.3, -0.25) is 5.10 Å². The summed E-state index contributed by atoms with van der Waals surface area (Å²) in [6, 6.07) is 11.8. The van der Waals surface area contributed by atoms with E-state index < -0.39 is 17.8 Å². The highest BCUT2D eigenvalue weighted by molar-refractivity contribution is 6.02. The molecule has 1 aliphatic rings.